The van der Waals surface area contributed by atoms with Gasteiger partial charge in [-0.25, -0.2) is 0 Å². The molecule has 0 aliphatic carbocycles. The van der Waals surface area contributed by atoms with Crippen molar-refractivity contribution in [3.63, 3.8) is 0 Å². The molecule has 0 bridgehead atoms. The van der Waals surface area contributed by atoms with E-state index in [1.54, 1.807) is 5.38 Å². The van der Waals surface area contributed by atoms with Gasteiger partial charge in [0.15, 0.2) is 0 Å². The van der Waals surface area contributed by atoms with Gasteiger partial charge in [-0.2, -0.15) is 12.6 Å². The van der Waals surface area contributed by atoms with E-state index < -0.39 is 0 Å². The summed E-state index contributed by atoms with van der Waals surface area (Å²) in [6, 6.07) is 0. The van der Waals surface area contributed by atoms with Crippen LogP contribution in [0.5, 0.6) is 5.75 Å². The number of thiol groups is 1. The predicted octanol–water partition coefficient (Wildman–Crippen LogP) is 1.88. The maximum atomic E-state index is 8.91. The van der Waals surface area contributed by atoms with Crippen molar-refractivity contribution in [2.24, 2.45) is 0 Å². The number of hydrogen-bond donors (Lipinski definition) is 2. The number of hydrogen-bond acceptors (Lipinski definition) is 3. The lowest BCUT2D eigenvalue weighted by atomic mass is 10.4. The molecule has 1 N–H and O–H groups in total. The Morgan fingerprint density at radius 3 is 2.62 bits per heavy atom. The smallest absolute Gasteiger partial charge is 0.130 e. The van der Waals surface area contributed by atoms with Gasteiger partial charge in [0.2, 0.25) is 0 Å². The Morgan fingerprint density at radius 1 is 1.62 bits per heavy atom. The van der Waals surface area contributed by atoms with E-state index in [0.717, 1.165) is 5.56 Å². The second kappa shape index (κ2) is 2.42. The van der Waals surface area contributed by atoms with Crippen LogP contribution in [0.3, 0.4) is 0 Å². The van der Waals surface area contributed by atoms with Crippen molar-refractivity contribution in [2.75, 3.05) is 0 Å². The zero-order valence-corrected chi connectivity index (χ0v) is 5.88. The topological polar surface area (TPSA) is 20.2 Å². The summed E-state index contributed by atoms with van der Waals surface area (Å²) in [5.74, 6) is 0.986. The maximum absolute atomic E-state index is 8.91. The lowest BCUT2D eigenvalue weighted by Crippen LogP contribution is -1.67. The number of rotatable bonds is 1. The van der Waals surface area contributed by atoms with Crippen molar-refractivity contribution in [2.45, 2.75) is 5.75 Å². The lowest BCUT2D eigenvalue weighted by molar-refractivity contribution is 0.473. The first kappa shape index (κ1) is 5.98. The molecule has 0 aliphatic rings. The van der Waals surface area contributed by atoms with Crippen LogP contribution in [-0.2, 0) is 5.75 Å². The molecule has 3 heteroatoms. The highest BCUT2D eigenvalue weighted by Gasteiger charge is 1.95. The molecule has 0 unspecified atom stereocenters. The Morgan fingerprint density at radius 2 is 2.38 bits per heavy atom. The fourth-order valence-corrected chi connectivity index (χ4v) is 1.53. The van der Waals surface area contributed by atoms with Gasteiger partial charge in [-0.15, -0.1) is 11.3 Å². The molecule has 0 spiro atoms. The Bertz CT molecular complexity index is 171. The number of thiophene rings is 1. The zero-order valence-electron chi connectivity index (χ0n) is 4.16. The van der Waals surface area contributed by atoms with Crippen molar-refractivity contribution in [1.82, 2.24) is 0 Å². The summed E-state index contributed by atoms with van der Waals surface area (Å²) in [4.78, 5) is 0. The predicted molar refractivity (Wildman–Crippen MR) is 38.7 cm³/mol. The van der Waals surface area contributed by atoms with Gasteiger partial charge in [0.25, 0.3) is 0 Å². The van der Waals surface area contributed by atoms with E-state index in [0.29, 0.717) is 11.5 Å². The van der Waals surface area contributed by atoms with Crippen LogP contribution in [0.25, 0.3) is 0 Å². The van der Waals surface area contributed by atoms with Crippen LogP contribution in [0.1, 0.15) is 5.56 Å². The molecule has 1 heterocycles. The van der Waals surface area contributed by atoms with Crippen LogP contribution < -0.4 is 0 Å². The molecule has 0 radical (unpaired) electrons. The molecule has 0 fully saturated rings. The fourth-order valence-electron chi connectivity index (χ4n) is 0.435. The minimum absolute atomic E-state index is 0.366. The Kier molecular flexibility index (Phi) is 1.81. The SMILES string of the molecule is Oc1cscc1CS. The van der Waals surface area contributed by atoms with Crippen molar-refractivity contribution in [1.29, 1.82) is 0 Å². The van der Waals surface area contributed by atoms with E-state index in [1.807, 2.05) is 5.38 Å². The summed E-state index contributed by atoms with van der Waals surface area (Å²) in [5.41, 5.74) is 0.915. The quantitative estimate of drug-likeness (QED) is 0.580. The van der Waals surface area contributed by atoms with E-state index >= 15 is 0 Å². The third kappa shape index (κ3) is 0.980. The van der Waals surface area contributed by atoms with Crippen LogP contribution in [0.15, 0.2) is 10.8 Å². The average Bonchev–Trinajstić information content (AvgIpc) is 2.14. The summed E-state index contributed by atoms with van der Waals surface area (Å²) >= 11 is 5.48. The summed E-state index contributed by atoms with van der Waals surface area (Å²) in [5, 5.41) is 12.5. The minimum Gasteiger partial charge on any atom is -0.507 e. The molecule has 1 aromatic rings. The van der Waals surface area contributed by atoms with E-state index in [4.69, 9.17) is 5.11 Å². The molecule has 0 saturated carbocycles. The van der Waals surface area contributed by atoms with Crippen molar-refractivity contribution < 1.29 is 5.11 Å². The molecular formula is C5H6OS2. The van der Waals surface area contributed by atoms with Gasteiger partial charge in [0.05, 0.1) is 0 Å². The highest BCUT2D eigenvalue weighted by atomic mass is 32.1. The highest BCUT2D eigenvalue weighted by Crippen LogP contribution is 2.22. The van der Waals surface area contributed by atoms with E-state index in [2.05, 4.69) is 12.6 Å². The van der Waals surface area contributed by atoms with Gasteiger partial charge in [-0.1, -0.05) is 0 Å². The van der Waals surface area contributed by atoms with Crippen LogP contribution >= 0.6 is 24.0 Å². The minimum atomic E-state index is 0.366. The van der Waals surface area contributed by atoms with E-state index in [-0.39, 0.29) is 0 Å². The third-order valence-corrected chi connectivity index (χ3v) is 2.01. The van der Waals surface area contributed by atoms with Gasteiger partial charge >= 0.3 is 0 Å². The molecule has 1 aromatic heterocycles. The summed E-state index contributed by atoms with van der Waals surface area (Å²) in [6.45, 7) is 0. The Balaban J connectivity index is 2.92. The second-order valence-corrected chi connectivity index (χ2v) is 2.50. The summed E-state index contributed by atoms with van der Waals surface area (Å²) in [6.07, 6.45) is 0. The molecule has 0 aromatic carbocycles. The first-order valence-electron chi connectivity index (χ1n) is 2.19. The molecule has 0 amide bonds. The van der Waals surface area contributed by atoms with Gasteiger partial charge in [-0.3, -0.25) is 0 Å². The normalized spacial score (nSPS) is 9.62. The largest absolute Gasteiger partial charge is 0.507 e. The van der Waals surface area contributed by atoms with Crippen LogP contribution in [0, 0.1) is 0 Å². The molecule has 0 aliphatic heterocycles. The van der Waals surface area contributed by atoms with Crippen LogP contribution in [0.4, 0.5) is 0 Å². The molecule has 0 saturated heterocycles. The second-order valence-electron chi connectivity index (χ2n) is 1.44. The van der Waals surface area contributed by atoms with Gasteiger partial charge in [0.1, 0.15) is 5.75 Å². The van der Waals surface area contributed by atoms with E-state index in [1.165, 1.54) is 11.3 Å². The van der Waals surface area contributed by atoms with Crippen LogP contribution in [-0.4, -0.2) is 5.11 Å². The Hall–Kier alpha value is -0.150. The summed E-state index contributed by atoms with van der Waals surface area (Å²) in [7, 11) is 0. The van der Waals surface area contributed by atoms with Crippen molar-refractivity contribution >= 4 is 24.0 Å². The van der Waals surface area contributed by atoms with Gasteiger partial charge in [0, 0.05) is 16.7 Å². The van der Waals surface area contributed by atoms with E-state index in [9.17, 15) is 0 Å². The van der Waals surface area contributed by atoms with Crippen LogP contribution in [0.2, 0.25) is 0 Å². The summed E-state index contributed by atoms with van der Waals surface area (Å²) < 4.78 is 0. The molecule has 1 nitrogen and oxygen atoms in total. The first-order valence-corrected chi connectivity index (χ1v) is 3.77. The highest BCUT2D eigenvalue weighted by molar-refractivity contribution is 7.79. The lowest BCUT2D eigenvalue weighted by Gasteiger charge is -1.86. The molecule has 8 heavy (non-hydrogen) atoms. The molecule has 44 valence electrons. The first-order chi connectivity index (χ1) is 3.84. The fraction of sp³-hybridized carbons (Fsp3) is 0.200. The number of aromatic hydroxyl groups is 1. The van der Waals surface area contributed by atoms with Crippen molar-refractivity contribution in [3.05, 3.63) is 16.3 Å². The van der Waals surface area contributed by atoms with Gasteiger partial charge in [-0.05, 0) is 5.38 Å². The maximum Gasteiger partial charge on any atom is 0.130 e. The Labute approximate surface area is 57.4 Å². The monoisotopic (exact) mass is 146 g/mol. The standard InChI is InChI=1S/C5H6OS2/c6-5-3-8-2-4(5)1-7/h2-3,6-7H,1H2. The third-order valence-electron chi connectivity index (χ3n) is 0.889. The zero-order chi connectivity index (χ0) is 5.98. The van der Waals surface area contributed by atoms with Gasteiger partial charge < -0.3 is 5.11 Å². The molecule has 0 atom stereocenters. The van der Waals surface area contributed by atoms with Crippen molar-refractivity contribution in [3.8, 4) is 5.75 Å². The molecular weight excluding hydrogens is 140 g/mol. The molecule has 1 rings (SSSR count). The average molecular weight is 146 g/mol.